The van der Waals surface area contributed by atoms with Crippen LogP contribution in [0.15, 0.2) is 47.6 Å². The summed E-state index contributed by atoms with van der Waals surface area (Å²) in [7, 11) is 4.17. The van der Waals surface area contributed by atoms with Crippen LogP contribution in [0.3, 0.4) is 0 Å². The summed E-state index contributed by atoms with van der Waals surface area (Å²) >= 11 is 0. The number of guanidine groups is 1. The van der Waals surface area contributed by atoms with E-state index in [1.54, 1.807) is 0 Å². The van der Waals surface area contributed by atoms with Gasteiger partial charge in [-0.1, -0.05) is 30.3 Å². The molecule has 1 atom stereocenters. The van der Waals surface area contributed by atoms with Crippen molar-refractivity contribution in [1.82, 2.24) is 30.2 Å². The number of nitrogens with one attached hydrogen (secondary N) is 2. The molecule has 2 aromatic rings. The van der Waals surface area contributed by atoms with E-state index in [4.69, 9.17) is 0 Å². The van der Waals surface area contributed by atoms with Crippen LogP contribution in [-0.4, -0.2) is 71.9 Å². The van der Waals surface area contributed by atoms with Crippen molar-refractivity contribution in [2.45, 2.75) is 25.9 Å². The van der Waals surface area contributed by atoms with Gasteiger partial charge in [-0.2, -0.15) is 5.10 Å². The van der Waals surface area contributed by atoms with Gasteiger partial charge >= 0.3 is 0 Å². The number of aryl methyl sites for hydroxylation is 1. The van der Waals surface area contributed by atoms with Crippen molar-refractivity contribution < 1.29 is 0 Å². The number of nitrogens with zero attached hydrogens (tertiary/aromatic N) is 5. The van der Waals surface area contributed by atoms with Crippen molar-refractivity contribution >= 4 is 5.96 Å². The molecule has 1 aliphatic rings. The molecule has 29 heavy (non-hydrogen) atoms. The fraction of sp³-hybridized carbons (Fsp3) is 0.545. The van der Waals surface area contributed by atoms with Gasteiger partial charge in [-0.05, 0) is 32.0 Å². The first-order chi connectivity index (χ1) is 14.2. The third-order valence-electron chi connectivity index (χ3n) is 5.46. The molecule has 1 saturated heterocycles. The predicted octanol–water partition coefficient (Wildman–Crippen LogP) is 1.85. The molecule has 0 bridgehead atoms. The lowest BCUT2D eigenvalue weighted by atomic mass is 10.0. The van der Waals surface area contributed by atoms with Gasteiger partial charge in [-0.15, -0.1) is 0 Å². The van der Waals surface area contributed by atoms with E-state index in [0.29, 0.717) is 12.6 Å². The van der Waals surface area contributed by atoms with Gasteiger partial charge in [0, 0.05) is 58.6 Å². The van der Waals surface area contributed by atoms with Crippen molar-refractivity contribution in [3.05, 3.63) is 53.9 Å². The van der Waals surface area contributed by atoms with Crippen molar-refractivity contribution in [2.75, 3.05) is 46.3 Å². The van der Waals surface area contributed by atoms with Gasteiger partial charge in [0.1, 0.15) is 0 Å². The molecule has 3 rings (SSSR count). The maximum atomic E-state index is 4.69. The minimum atomic E-state index is 0.474. The molecule has 1 aliphatic heterocycles. The molecule has 1 fully saturated rings. The van der Waals surface area contributed by atoms with E-state index < -0.39 is 0 Å². The number of hydrogen-bond acceptors (Lipinski definition) is 4. The van der Waals surface area contributed by atoms with Crippen molar-refractivity contribution in [3.63, 3.8) is 0 Å². The van der Waals surface area contributed by atoms with Crippen LogP contribution in [0.25, 0.3) is 0 Å². The Kier molecular flexibility index (Phi) is 8.07. The second-order valence-corrected chi connectivity index (χ2v) is 7.65. The highest BCUT2D eigenvalue weighted by Crippen LogP contribution is 2.24. The van der Waals surface area contributed by atoms with E-state index in [1.165, 1.54) is 5.56 Å². The largest absolute Gasteiger partial charge is 0.357 e. The standard InChI is InChI=1S/C22H35N7/c1-4-23-22(25-17-20-11-13-26-28(20)3)24-12-8-14-29-16-15-27(2)18-21(29)19-9-6-5-7-10-19/h5-7,9-11,13,21H,4,8,12,14-18H2,1-3H3,(H2,23,24,25). The topological polar surface area (TPSA) is 60.7 Å². The maximum absolute atomic E-state index is 4.69. The van der Waals surface area contributed by atoms with Crippen LogP contribution in [0.5, 0.6) is 0 Å². The highest BCUT2D eigenvalue weighted by Gasteiger charge is 2.25. The van der Waals surface area contributed by atoms with Crippen molar-refractivity contribution in [3.8, 4) is 0 Å². The first-order valence-electron chi connectivity index (χ1n) is 10.6. The summed E-state index contributed by atoms with van der Waals surface area (Å²) in [6, 6.07) is 13.4. The minimum absolute atomic E-state index is 0.474. The second-order valence-electron chi connectivity index (χ2n) is 7.65. The zero-order valence-corrected chi connectivity index (χ0v) is 18.0. The lowest BCUT2D eigenvalue weighted by Gasteiger charge is -2.40. The number of likely N-dealkylation sites (N-methyl/N-ethyl adjacent to an activating group) is 1. The summed E-state index contributed by atoms with van der Waals surface area (Å²) in [5.74, 6) is 0.867. The van der Waals surface area contributed by atoms with Crippen molar-refractivity contribution in [2.24, 2.45) is 12.0 Å². The van der Waals surface area contributed by atoms with Crippen molar-refractivity contribution in [1.29, 1.82) is 0 Å². The fourth-order valence-corrected chi connectivity index (χ4v) is 3.76. The van der Waals surface area contributed by atoms with Gasteiger partial charge < -0.3 is 15.5 Å². The second kappa shape index (κ2) is 11.0. The molecule has 1 aromatic carbocycles. The van der Waals surface area contributed by atoms with E-state index in [2.05, 4.69) is 74.8 Å². The van der Waals surface area contributed by atoms with Crippen LogP contribution in [0.1, 0.15) is 30.6 Å². The van der Waals surface area contributed by atoms with Gasteiger partial charge in [0.15, 0.2) is 5.96 Å². The summed E-state index contributed by atoms with van der Waals surface area (Å²) < 4.78 is 1.87. The van der Waals surface area contributed by atoms with Gasteiger partial charge in [0.2, 0.25) is 0 Å². The van der Waals surface area contributed by atoms with Gasteiger partial charge in [0.25, 0.3) is 0 Å². The molecule has 158 valence electrons. The predicted molar refractivity (Wildman–Crippen MR) is 119 cm³/mol. The highest BCUT2D eigenvalue weighted by molar-refractivity contribution is 5.79. The molecule has 0 amide bonds. The molecule has 0 radical (unpaired) electrons. The Morgan fingerprint density at radius 2 is 1.97 bits per heavy atom. The summed E-state index contributed by atoms with van der Waals surface area (Å²) in [5.41, 5.74) is 2.52. The molecule has 2 heterocycles. The Bertz CT molecular complexity index is 756. The van der Waals surface area contributed by atoms with E-state index in [0.717, 1.165) is 57.3 Å². The van der Waals surface area contributed by atoms with Crippen LogP contribution >= 0.6 is 0 Å². The third kappa shape index (κ3) is 6.30. The number of hydrogen-bond donors (Lipinski definition) is 2. The van der Waals surface area contributed by atoms with E-state index in [9.17, 15) is 0 Å². The first-order valence-corrected chi connectivity index (χ1v) is 10.6. The number of aromatic nitrogens is 2. The van der Waals surface area contributed by atoms with Crippen LogP contribution in [0.2, 0.25) is 0 Å². The average Bonchev–Trinajstić information content (AvgIpc) is 3.15. The number of benzene rings is 1. The van der Waals surface area contributed by atoms with Gasteiger partial charge in [0.05, 0.1) is 12.2 Å². The third-order valence-corrected chi connectivity index (χ3v) is 5.46. The Morgan fingerprint density at radius 3 is 2.69 bits per heavy atom. The first kappa shape index (κ1) is 21.3. The monoisotopic (exact) mass is 397 g/mol. The molecule has 1 aromatic heterocycles. The molecule has 0 aliphatic carbocycles. The van der Waals surface area contributed by atoms with Crippen LogP contribution in [-0.2, 0) is 13.6 Å². The number of aliphatic imine (C=N–C) groups is 1. The Morgan fingerprint density at radius 1 is 1.14 bits per heavy atom. The molecule has 2 N–H and O–H groups in total. The lowest BCUT2D eigenvalue weighted by Crippen LogP contribution is -2.47. The molecule has 0 saturated carbocycles. The summed E-state index contributed by atoms with van der Waals surface area (Å²) in [4.78, 5) is 9.74. The van der Waals surface area contributed by atoms with E-state index in [-0.39, 0.29) is 0 Å². The summed E-state index contributed by atoms with van der Waals surface area (Å²) in [5, 5.41) is 11.0. The lowest BCUT2D eigenvalue weighted by molar-refractivity contribution is 0.0891. The average molecular weight is 398 g/mol. The number of rotatable bonds is 8. The Hall–Kier alpha value is -2.38. The molecule has 7 heteroatoms. The number of piperazine rings is 1. The zero-order chi connectivity index (χ0) is 20.5. The molecular formula is C22H35N7. The minimum Gasteiger partial charge on any atom is -0.357 e. The maximum Gasteiger partial charge on any atom is 0.191 e. The quantitative estimate of drug-likeness (QED) is 0.404. The van der Waals surface area contributed by atoms with Crippen LogP contribution in [0.4, 0.5) is 0 Å². The van der Waals surface area contributed by atoms with Gasteiger partial charge in [-0.25, -0.2) is 4.99 Å². The normalized spacial score (nSPS) is 18.7. The summed E-state index contributed by atoms with van der Waals surface area (Å²) in [6.07, 6.45) is 2.90. The molecular weight excluding hydrogens is 362 g/mol. The summed E-state index contributed by atoms with van der Waals surface area (Å²) in [6.45, 7) is 8.90. The molecule has 7 nitrogen and oxygen atoms in total. The van der Waals surface area contributed by atoms with E-state index in [1.807, 2.05) is 24.0 Å². The SMILES string of the molecule is CCNC(=NCc1ccnn1C)NCCCN1CCN(C)CC1c1ccccc1. The Balaban J connectivity index is 1.50. The van der Waals surface area contributed by atoms with Crippen LogP contribution < -0.4 is 10.6 Å². The molecule has 0 spiro atoms. The van der Waals surface area contributed by atoms with E-state index >= 15 is 0 Å². The highest BCUT2D eigenvalue weighted by atomic mass is 15.3. The van der Waals surface area contributed by atoms with Crippen LogP contribution in [0, 0.1) is 0 Å². The Labute approximate surface area is 174 Å². The smallest absolute Gasteiger partial charge is 0.191 e. The van der Waals surface area contributed by atoms with Gasteiger partial charge in [-0.3, -0.25) is 9.58 Å². The molecule has 1 unspecified atom stereocenters. The fourth-order valence-electron chi connectivity index (χ4n) is 3.76. The zero-order valence-electron chi connectivity index (χ0n) is 18.0.